The van der Waals surface area contributed by atoms with Gasteiger partial charge in [-0.3, -0.25) is 4.79 Å². The third-order valence-corrected chi connectivity index (χ3v) is 3.54. The Bertz CT molecular complexity index is 306. The molecular formula is C12H22N2O3. The van der Waals surface area contributed by atoms with Crippen LogP contribution in [0.4, 0.5) is 4.79 Å². The summed E-state index contributed by atoms with van der Waals surface area (Å²) in [5, 5.41) is 8.69. The number of hydrogen-bond donors (Lipinski definition) is 1. The smallest absolute Gasteiger partial charge is 0.323 e. The van der Waals surface area contributed by atoms with Gasteiger partial charge in [0.15, 0.2) is 0 Å². The summed E-state index contributed by atoms with van der Waals surface area (Å²) in [6.45, 7) is 6.76. The molecular weight excluding hydrogens is 220 g/mol. The second kappa shape index (κ2) is 5.38. The fourth-order valence-corrected chi connectivity index (χ4v) is 2.46. The standard InChI is InChI=1S/C12H22N2O3/c1-8-5-9(2)10(3)14(6-8)12(17)13(4)7-11(15)16/h8-10H,5-7H2,1-4H3,(H,15,16). The Morgan fingerprint density at radius 2 is 1.94 bits per heavy atom. The number of likely N-dealkylation sites (tertiary alicyclic amines) is 1. The Labute approximate surface area is 102 Å². The number of piperidine rings is 1. The summed E-state index contributed by atoms with van der Waals surface area (Å²) in [5.74, 6) is -0.0454. The predicted octanol–water partition coefficient (Wildman–Crippen LogP) is 1.49. The van der Waals surface area contributed by atoms with Gasteiger partial charge in [0.25, 0.3) is 0 Å². The van der Waals surface area contributed by atoms with E-state index >= 15 is 0 Å². The Balaban J connectivity index is 2.69. The van der Waals surface area contributed by atoms with Crippen LogP contribution in [0.3, 0.4) is 0 Å². The minimum Gasteiger partial charge on any atom is -0.480 e. The maximum atomic E-state index is 12.1. The SMILES string of the molecule is CC1CC(C)C(C)N(C(=O)N(C)CC(=O)O)C1. The molecule has 0 bridgehead atoms. The zero-order valence-electron chi connectivity index (χ0n) is 11.0. The van der Waals surface area contributed by atoms with Crippen molar-refractivity contribution in [3.05, 3.63) is 0 Å². The molecule has 0 saturated carbocycles. The first-order valence-electron chi connectivity index (χ1n) is 6.06. The Morgan fingerprint density at radius 1 is 1.35 bits per heavy atom. The zero-order valence-corrected chi connectivity index (χ0v) is 11.0. The van der Waals surface area contributed by atoms with E-state index in [0.717, 1.165) is 6.42 Å². The van der Waals surface area contributed by atoms with Crippen molar-refractivity contribution in [1.82, 2.24) is 9.80 Å². The molecule has 1 saturated heterocycles. The molecule has 17 heavy (non-hydrogen) atoms. The molecule has 0 radical (unpaired) electrons. The van der Waals surface area contributed by atoms with Gasteiger partial charge in [0, 0.05) is 19.6 Å². The van der Waals surface area contributed by atoms with Gasteiger partial charge in [-0.25, -0.2) is 4.79 Å². The number of hydrogen-bond acceptors (Lipinski definition) is 2. The molecule has 1 N–H and O–H groups in total. The lowest BCUT2D eigenvalue weighted by molar-refractivity contribution is -0.137. The first kappa shape index (κ1) is 13.8. The average Bonchev–Trinajstić information content (AvgIpc) is 2.21. The van der Waals surface area contributed by atoms with Crippen LogP contribution in [-0.4, -0.2) is 53.1 Å². The van der Waals surface area contributed by atoms with Gasteiger partial charge in [0.05, 0.1) is 0 Å². The van der Waals surface area contributed by atoms with Crippen molar-refractivity contribution in [3.63, 3.8) is 0 Å². The van der Waals surface area contributed by atoms with Crippen molar-refractivity contribution in [3.8, 4) is 0 Å². The summed E-state index contributed by atoms with van der Waals surface area (Å²) >= 11 is 0. The van der Waals surface area contributed by atoms with Crippen molar-refractivity contribution >= 4 is 12.0 Å². The van der Waals surface area contributed by atoms with E-state index in [1.54, 1.807) is 4.90 Å². The van der Waals surface area contributed by atoms with E-state index in [2.05, 4.69) is 13.8 Å². The van der Waals surface area contributed by atoms with Gasteiger partial charge in [-0.2, -0.15) is 0 Å². The zero-order chi connectivity index (χ0) is 13.2. The third-order valence-electron chi connectivity index (χ3n) is 3.54. The number of nitrogens with zero attached hydrogens (tertiary/aromatic N) is 2. The summed E-state index contributed by atoms with van der Waals surface area (Å²) in [5.41, 5.74) is 0. The highest BCUT2D eigenvalue weighted by molar-refractivity contribution is 5.80. The lowest BCUT2D eigenvalue weighted by Crippen LogP contribution is -2.53. The number of urea groups is 1. The van der Waals surface area contributed by atoms with Gasteiger partial charge >= 0.3 is 12.0 Å². The van der Waals surface area contributed by atoms with Gasteiger partial charge in [-0.15, -0.1) is 0 Å². The topological polar surface area (TPSA) is 60.9 Å². The van der Waals surface area contributed by atoms with E-state index in [0.29, 0.717) is 18.4 Å². The summed E-state index contributed by atoms with van der Waals surface area (Å²) < 4.78 is 0. The van der Waals surface area contributed by atoms with Crippen molar-refractivity contribution in [2.75, 3.05) is 20.1 Å². The number of amides is 2. The van der Waals surface area contributed by atoms with Gasteiger partial charge in [0.2, 0.25) is 0 Å². The van der Waals surface area contributed by atoms with Crippen LogP contribution in [-0.2, 0) is 4.79 Å². The van der Waals surface area contributed by atoms with Gasteiger partial charge < -0.3 is 14.9 Å². The molecule has 0 aromatic heterocycles. The normalized spacial score (nSPS) is 28.9. The quantitative estimate of drug-likeness (QED) is 0.798. The Kier molecular flexibility index (Phi) is 4.37. The minimum absolute atomic E-state index is 0.176. The monoisotopic (exact) mass is 242 g/mol. The van der Waals surface area contributed by atoms with Crippen LogP contribution in [0.1, 0.15) is 27.2 Å². The number of carboxylic acids is 1. The van der Waals surface area contributed by atoms with Crippen LogP contribution < -0.4 is 0 Å². The predicted molar refractivity (Wildman–Crippen MR) is 64.8 cm³/mol. The second-order valence-corrected chi connectivity index (χ2v) is 5.24. The van der Waals surface area contributed by atoms with E-state index in [-0.39, 0.29) is 18.6 Å². The Morgan fingerprint density at radius 3 is 2.47 bits per heavy atom. The molecule has 0 aromatic carbocycles. The molecule has 3 atom stereocenters. The maximum absolute atomic E-state index is 12.1. The third kappa shape index (κ3) is 3.35. The van der Waals surface area contributed by atoms with Gasteiger partial charge in [0.1, 0.15) is 6.54 Å². The fourth-order valence-electron chi connectivity index (χ4n) is 2.46. The molecule has 0 spiro atoms. The van der Waals surface area contributed by atoms with Crippen LogP contribution in [0.25, 0.3) is 0 Å². The molecule has 2 amide bonds. The molecule has 0 aromatic rings. The molecule has 1 rings (SSSR count). The minimum atomic E-state index is -0.980. The van der Waals surface area contributed by atoms with Crippen LogP contribution in [0, 0.1) is 11.8 Å². The van der Waals surface area contributed by atoms with Gasteiger partial charge in [-0.05, 0) is 25.2 Å². The van der Waals surface area contributed by atoms with E-state index in [4.69, 9.17) is 5.11 Å². The number of aliphatic carboxylic acids is 1. The lowest BCUT2D eigenvalue weighted by atomic mass is 9.86. The van der Waals surface area contributed by atoms with E-state index < -0.39 is 5.97 Å². The number of carbonyl (C=O) groups is 2. The number of carbonyl (C=O) groups excluding carboxylic acids is 1. The second-order valence-electron chi connectivity index (χ2n) is 5.24. The Hall–Kier alpha value is -1.26. The van der Waals surface area contributed by atoms with Crippen molar-refractivity contribution < 1.29 is 14.7 Å². The van der Waals surface area contributed by atoms with Crippen molar-refractivity contribution in [2.24, 2.45) is 11.8 Å². The largest absolute Gasteiger partial charge is 0.480 e. The lowest BCUT2D eigenvalue weighted by Gasteiger charge is -2.42. The summed E-state index contributed by atoms with van der Waals surface area (Å²) in [4.78, 5) is 25.8. The van der Waals surface area contributed by atoms with E-state index in [1.165, 1.54) is 11.9 Å². The van der Waals surface area contributed by atoms with Crippen LogP contribution in [0.5, 0.6) is 0 Å². The maximum Gasteiger partial charge on any atom is 0.323 e. The van der Waals surface area contributed by atoms with Crippen molar-refractivity contribution in [2.45, 2.75) is 33.2 Å². The highest BCUT2D eigenvalue weighted by Gasteiger charge is 2.33. The molecule has 5 nitrogen and oxygen atoms in total. The average molecular weight is 242 g/mol. The first-order valence-corrected chi connectivity index (χ1v) is 6.06. The summed E-state index contributed by atoms with van der Waals surface area (Å²) in [6, 6.07) is -0.00625. The molecule has 1 aliphatic rings. The van der Waals surface area contributed by atoms with Gasteiger partial charge in [-0.1, -0.05) is 13.8 Å². The fraction of sp³-hybridized carbons (Fsp3) is 0.833. The van der Waals surface area contributed by atoms with Crippen LogP contribution in [0.2, 0.25) is 0 Å². The first-order chi connectivity index (χ1) is 7.82. The number of rotatable bonds is 2. The number of likely N-dealkylation sites (N-methyl/N-ethyl adjacent to an activating group) is 1. The molecule has 1 aliphatic heterocycles. The molecule has 1 fully saturated rings. The molecule has 0 aliphatic carbocycles. The van der Waals surface area contributed by atoms with E-state index in [1.807, 2.05) is 6.92 Å². The number of carboxylic acid groups (broad SMARTS) is 1. The summed E-state index contributed by atoms with van der Waals surface area (Å²) in [6.07, 6.45) is 1.12. The highest BCUT2D eigenvalue weighted by Crippen LogP contribution is 2.27. The highest BCUT2D eigenvalue weighted by atomic mass is 16.4. The molecule has 5 heteroatoms. The van der Waals surface area contributed by atoms with Crippen molar-refractivity contribution in [1.29, 1.82) is 0 Å². The molecule has 3 unspecified atom stereocenters. The van der Waals surface area contributed by atoms with Crippen LogP contribution >= 0.6 is 0 Å². The van der Waals surface area contributed by atoms with Crippen LogP contribution in [0.15, 0.2) is 0 Å². The van der Waals surface area contributed by atoms with E-state index in [9.17, 15) is 9.59 Å². The molecule has 98 valence electrons. The summed E-state index contributed by atoms with van der Waals surface area (Å²) in [7, 11) is 1.53. The molecule has 1 heterocycles.